The predicted molar refractivity (Wildman–Crippen MR) is 68.2 cm³/mol. The summed E-state index contributed by atoms with van der Waals surface area (Å²) in [5, 5.41) is 15.7. The molecule has 15 heavy (non-hydrogen) atoms. The zero-order chi connectivity index (χ0) is 12.3. The van der Waals surface area contributed by atoms with Crippen LogP contribution in [0, 0.1) is 21.6 Å². The van der Waals surface area contributed by atoms with Crippen LogP contribution in [0.2, 0.25) is 0 Å². The van der Waals surface area contributed by atoms with Gasteiger partial charge < -0.3 is 10.8 Å². The molecule has 0 rings (SSSR count). The van der Waals surface area contributed by atoms with E-state index in [0.29, 0.717) is 0 Å². The molecule has 2 atom stereocenters. The van der Waals surface area contributed by atoms with Gasteiger partial charge in [-0.15, -0.1) is 0 Å². The Balaban J connectivity index is 4.95. The zero-order valence-electron chi connectivity index (χ0n) is 11.1. The molecule has 0 fully saturated rings. The maximum atomic E-state index is 7.87. The van der Waals surface area contributed by atoms with Crippen LogP contribution in [-0.2, 0) is 0 Å². The van der Waals surface area contributed by atoms with Gasteiger partial charge in [0.2, 0.25) is 0 Å². The molecule has 2 heteroatoms. The summed E-state index contributed by atoms with van der Waals surface area (Å²) in [4.78, 5) is 0. The van der Waals surface area contributed by atoms with E-state index in [4.69, 9.17) is 10.8 Å². The molecule has 2 N–H and O–H groups in total. The Morgan fingerprint density at radius 3 is 1.27 bits per heavy atom. The predicted octanol–water partition coefficient (Wildman–Crippen LogP) is 4.29. The average molecular weight is 210 g/mol. The van der Waals surface area contributed by atoms with Crippen LogP contribution < -0.4 is 0 Å². The summed E-state index contributed by atoms with van der Waals surface area (Å²) in [7, 11) is 0. The lowest BCUT2D eigenvalue weighted by Crippen LogP contribution is -2.35. The lowest BCUT2D eigenvalue weighted by Gasteiger charge is -2.38. The molecule has 0 saturated carbocycles. The van der Waals surface area contributed by atoms with Crippen molar-refractivity contribution in [1.29, 1.82) is 10.8 Å². The van der Waals surface area contributed by atoms with Crippen molar-refractivity contribution in [2.45, 2.75) is 60.8 Å². The lowest BCUT2D eigenvalue weighted by molar-refractivity contribution is 0.274. The van der Waals surface area contributed by atoms with E-state index in [2.05, 4.69) is 27.7 Å². The highest BCUT2D eigenvalue weighted by atomic mass is 14.5. The summed E-state index contributed by atoms with van der Waals surface area (Å²) in [6.45, 7) is 12.3. The molecular formula is C13H26N2. The summed E-state index contributed by atoms with van der Waals surface area (Å²) in [6.07, 6.45) is 2.87. The third kappa shape index (κ3) is 3.15. The van der Waals surface area contributed by atoms with E-state index in [9.17, 15) is 0 Å². The second-order valence-corrected chi connectivity index (χ2v) is 5.26. The molecule has 0 bridgehead atoms. The van der Waals surface area contributed by atoms with Gasteiger partial charge in [-0.05, 0) is 33.1 Å². The average Bonchev–Trinajstić information content (AvgIpc) is 2.16. The highest BCUT2D eigenvalue weighted by Crippen LogP contribution is 2.40. The Labute approximate surface area is 94.5 Å². The van der Waals surface area contributed by atoms with Crippen molar-refractivity contribution in [1.82, 2.24) is 0 Å². The largest absolute Gasteiger partial charge is 0.309 e. The Bertz CT molecular complexity index is 231. The Hall–Kier alpha value is -0.660. The second kappa shape index (κ2) is 4.91. The Kier molecular flexibility index (Phi) is 4.69. The van der Waals surface area contributed by atoms with Crippen LogP contribution >= 0.6 is 0 Å². The van der Waals surface area contributed by atoms with Crippen LogP contribution in [0.25, 0.3) is 0 Å². The maximum Gasteiger partial charge on any atom is 0.0117 e. The van der Waals surface area contributed by atoms with Crippen molar-refractivity contribution in [2.75, 3.05) is 0 Å². The van der Waals surface area contributed by atoms with E-state index in [1.165, 1.54) is 0 Å². The minimum Gasteiger partial charge on any atom is -0.309 e. The third-order valence-electron chi connectivity index (χ3n) is 4.15. The topological polar surface area (TPSA) is 47.7 Å². The molecule has 0 heterocycles. The van der Waals surface area contributed by atoms with Gasteiger partial charge in [0.05, 0.1) is 0 Å². The number of rotatable bonds is 6. The molecule has 88 valence electrons. The first-order valence-electron chi connectivity index (χ1n) is 5.83. The van der Waals surface area contributed by atoms with Crippen molar-refractivity contribution < 1.29 is 0 Å². The van der Waals surface area contributed by atoms with E-state index < -0.39 is 0 Å². The first-order valence-corrected chi connectivity index (χ1v) is 5.83. The summed E-state index contributed by atoms with van der Waals surface area (Å²) >= 11 is 0. The minimum atomic E-state index is -0.0485. The molecule has 0 amide bonds. The lowest BCUT2D eigenvalue weighted by atomic mass is 9.66. The van der Waals surface area contributed by atoms with Gasteiger partial charge in [-0.2, -0.15) is 0 Å². The zero-order valence-corrected chi connectivity index (χ0v) is 11.1. The van der Waals surface area contributed by atoms with Gasteiger partial charge in [0.25, 0.3) is 0 Å². The van der Waals surface area contributed by atoms with Crippen LogP contribution in [0.3, 0.4) is 0 Å². The quantitative estimate of drug-likeness (QED) is 0.614. The molecule has 2 unspecified atom stereocenters. The molecular weight excluding hydrogens is 184 g/mol. The van der Waals surface area contributed by atoms with E-state index in [0.717, 1.165) is 30.7 Å². The summed E-state index contributed by atoms with van der Waals surface area (Å²) < 4.78 is 0. The van der Waals surface area contributed by atoms with Crippen molar-refractivity contribution >= 4 is 11.4 Å². The highest BCUT2D eigenvalue weighted by molar-refractivity contribution is 5.88. The molecule has 0 aromatic heterocycles. The fourth-order valence-corrected chi connectivity index (χ4v) is 1.91. The van der Waals surface area contributed by atoms with Crippen molar-refractivity contribution in [3.05, 3.63) is 0 Å². The fourth-order valence-electron chi connectivity index (χ4n) is 1.91. The normalized spacial score (nSPS) is 19.1. The van der Waals surface area contributed by atoms with Gasteiger partial charge in [-0.25, -0.2) is 0 Å². The van der Waals surface area contributed by atoms with E-state index in [1.54, 1.807) is 0 Å². The van der Waals surface area contributed by atoms with Gasteiger partial charge in [0.15, 0.2) is 0 Å². The Morgan fingerprint density at radius 2 is 1.13 bits per heavy atom. The van der Waals surface area contributed by atoms with Crippen LogP contribution in [-0.4, -0.2) is 11.4 Å². The molecule has 2 nitrogen and oxygen atoms in total. The van der Waals surface area contributed by atoms with Crippen LogP contribution in [0.15, 0.2) is 0 Å². The van der Waals surface area contributed by atoms with E-state index >= 15 is 0 Å². The molecule has 0 aromatic rings. The Morgan fingerprint density at radius 1 is 0.867 bits per heavy atom. The number of nitrogens with one attached hydrogen (secondary N) is 2. The summed E-state index contributed by atoms with van der Waals surface area (Å²) in [5.41, 5.74) is 1.39. The number of hydrogen-bond acceptors (Lipinski definition) is 2. The minimum absolute atomic E-state index is 0.0485. The van der Waals surface area contributed by atoms with Gasteiger partial charge in [0.1, 0.15) is 0 Å². The number of hydrogen-bond donors (Lipinski definition) is 2. The smallest absolute Gasteiger partial charge is 0.0117 e. The molecule has 0 aliphatic heterocycles. The van der Waals surface area contributed by atoms with Gasteiger partial charge in [-0.1, -0.05) is 27.7 Å². The third-order valence-corrected chi connectivity index (χ3v) is 4.15. The fraction of sp³-hybridized carbons (Fsp3) is 0.846. The van der Waals surface area contributed by atoms with E-state index in [-0.39, 0.29) is 10.8 Å². The molecule has 0 aromatic carbocycles. The molecule has 0 saturated heterocycles. The van der Waals surface area contributed by atoms with Gasteiger partial charge in [-0.3, -0.25) is 0 Å². The van der Waals surface area contributed by atoms with Gasteiger partial charge in [0, 0.05) is 22.3 Å². The first-order chi connectivity index (χ1) is 6.72. The molecule has 0 aliphatic rings. The van der Waals surface area contributed by atoms with Crippen LogP contribution in [0.5, 0.6) is 0 Å². The SMILES string of the molecule is CCC(C)(CC(C)(CC)C(C)=N)C(C)=N. The molecule has 0 aliphatic carbocycles. The van der Waals surface area contributed by atoms with Crippen LogP contribution in [0.4, 0.5) is 0 Å². The highest BCUT2D eigenvalue weighted by Gasteiger charge is 2.36. The van der Waals surface area contributed by atoms with Crippen molar-refractivity contribution in [3.8, 4) is 0 Å². The second-order valence-electron chi connectivity index (χ2n) is 5.26. The molecule has 0 spiro atoms. The van der Waals surface area contributed by atoms with Crippen molar-refractivity contribution in [3.63, 3.8) is 0 Å². The summed E-state index contributed by atoms with van der Waals surface area (Å²) in [5.74, 6) is 0. The van der Waals surface area contributed by atoms with Crippen LogP contribution in [0.1, 0.15) is 60.8 Å². The molecule has 0 radical (unpaired) electrons. The standard InChI is InChI=1S/C13H26N2/c1-7-12(5,10(3)14)9-13(6,8-2)11(4)15/h14-15H,7-9H2,1-6H3. The van der Waals surface area contributed by atoms with E-state index in [1.807, 2.05) is 13.8 Å². The first kappa shape index (κ1) is 14.3. The summed E-state index contributed by atoms with van der Waals surface area (Å²) in [6, 6.07) is 0. The van der Waals surface area contributed by atoms with Crippen molar-refractivity contribution in [2.24, 2.45) is 10.8 Å². The van der Waals surface area contributed by atoms with Gasteiger partial charge >= 0.3 is 0 Å². The monoisotopic (exact) mass is 210 g/mol. The maximum absolute atomic E-state index is 7.87.